The van der Waals surface area contributed by atoms with Crippen LogP contribution in [0.3, 0.4) is 0 Å². The predicted octanol–water partition coefficient (Wildman–Crippen LogP) is 2.57. The molecule has 1 aromatic rings. The van der Waals surface area contributed by atoms with Crippen molar-refractivity contribution in [1.82, 2.24) is 4.90 Å². The Labute approximate surface area is 141 Å². The molecular weight excluding hydrogens is 310 g/mol. The fourth-order valence-electron chi connectivity index (χ4n) is 3.08. The van der Waals surface area contributed by atoms with Crippen LogP contribution in [0.4, 0.5) is 0 Å². The van der Waals surface area contributed by atoms with Crippen LogP contribution in [0.2, 0.25) is 0 Å². The van der Waals surface area contributed by atoms with Gasteiger partial charge in [0.15, 0.2) is 11.5 Å². The van der Waals surface area contributed by atoms with Gasteiger partial charge in [-0.1, -0.05) is 6.08 Å². The number of ether oxygens (including phenoxy) is 2. The zero-order chi connectivity index (χ0) is 17.7. The second-order valence-electron chi connectivity index (χ2n) is 5.68. The van der Waals surface area contributed by atoms with E-state index in [1.165, 1.54) is 7.11 Å². The Balaban J connectivity index is 2.41. The zero-order valence-electron chi connectivity index (χ0n) is 14.1. The van der Waals surface area contributed by atoms with Crippen molar-refractivity contribution in [1.29, 1.82) is 0 Å². The van der Waals surface area contributed by atoms with Gasteiger partial charge in [-0.15, -0.1) is 6.58 Å². The van der Waals surface area contributed by atoms with E-state index in [1.807, 2.05) is 6.07 Å². The molecule has 0 fully saturated rings. The van der Waals surface area contributed by atoms with Gasteiger partial charge in [-0.2, -0.15) is 0 Å². The fraction of sp³-hybridized carbons (Fsp3) is 0.444. The minimum absolute atomic E-state index is 0.0541. The normalized spacial score (nSPS) is 16.2. The average Bonchev–Trinajstić information content (AvgIpc) is 2.58. The highest BCUT2D eigenvalue weighted by Crippen LogP contribution is 2.39. The summed E-state index contributed by atoms with van der Waals surface area (Å²) in [7, 11) is 3.10. The van der Waals surface area contributed by atoms with Crippen molar-refractivity contribution in [3.63, 3.8) is 0 Å². The maximum absolute atomic E-state index is 12.5. The largest absolute Gasteiger partial charge is 0.493 e. The summed E-state index contributed by atoms with van der Waals surface area (Å²) in [6.07, 6.45) is 3.12. The zero-order valence-corrected chi connectivity index (χ0v) is 14.1. The lowest BCUT2D eigenvalue weighted by molar-refractivity contribution is -0.141. The Morgan fingerprint density at radius 2 is 2.00 bits per heavy atom. The lowest BCUT2D eigenvalue weighted by atomic mass is 9.89. The molecule has 1 aliphatic heterocycles. The molecule has 1 aromatic carbocycles. The molecule has 6 heteroatoms. The van der Waals surface area contributed by atoms with E-state index in [9.17, 15) is 14.7 Å². The number of carbonyl (C=O) groups is 2. The molecule has 6 nitrogen and oxygen atoms in total. The van der Waals surface area contributed by atoms with Crippen LogP contribution in [0.5, 0.6) is 11.5 Å². The Hall–Kier alpha value is -2.50. The lowest BCUT2D eigenvalue weighted by Crippen LogP contribution is -2.41. The highest BCUT2D eigenvalue weighted by molar-refractivity contribution is 5.79. The maximum atomic E-state index is 12.5. The van der Waals surface area contributed by atoms with Crippen molar-refractivity contribution in [3.8, 4) is 11.5 Å². The number of nitrogens with zero attached hydrogens (tertiary/aromatic N) is 1. The van der Waals surface area contributed by atoms with Gasteiger partial charge in [-0.05, 0) is 36.1 Å². The highest BCUT2D eigenvalue weighted by atomic mass is 16.5. The molecule has 1 atom stereocenters. The van der Waals surface area contributed by atoms with Gasteiger partial charge in [0, 0.05) is 13.0 Å². The average molecular weight is 333 g/mol. The summed E-state index contributed by atoms with van der Waals surface area (Å²) in [5, 5.41) is 9.28. The summed E-state index contributed by atoms with van der Waals surface area (Å²) in [5.74, 6) is 0.148. The van der Waals surface area contributed by atoms with Crippen molar-refractivity contribution >= 4 is 11.9 Å². The monoisotopic (exact) mass is 333 g/mol. The molecule has 0 spiro atoms. The molecule has 0 radical (unpaired) electrons. The molecular formula is C18H23NO5. The Bertz CT molecular complexity index is 641. The molecule has 2 rings (SSSR count). The first-order valence-electron chi connectivity index (χ1n) is 7.88. The molecule has 130 valence electrons. The minimum Gasteiger partial charge on any atom is -0.493 e. The van der Waals surface area contributed by atoms with Gasteiger partial charge in [0.1, 0.15) is 0 Å². The third-order valence-corrected chi connectivity index (χ3v) is 4.25. The first kappa shape index (κ1) is 17.8. The lowest BCUT2D eigenvalue weighted by Gasteiger charge is -2.37. The van der Waals surface area contributed by atoms with E-state index in [0.29, 0.717) is 37.3 Å². The summed E-state index contributed by atoms with van der Waals surface area (Å²) in [4.78, 5) is 25.5. The van der Waals surface area contributed by atoms with E-state index >= 15 is 0 Å². The van der Waals surface area contributed by atoms with Gasteiger partial charge in [0.2, 0.25) is 5.91 Å². The van der Waals surface area contributed by atoms with Crippen LogP contribution in [0.1, 0.15) is 36.4 Å². The minimum atomic E-state index is -0.941. The second-order valence-corrected chi connectivity index (χ2v) is 5.68. The Morgan fingerprint density at radius 3 is 2.58 bits per heavy atom. The van der Waals surface area contributed by atoms with Crippen LogP contribution in [0, 0.1) is 0 Å². The maximum Gasteiger partial charge on any atom is 0.305 e. The number of fused-ring (bicyclic) bond motifs is 1. The van der Waals surface area contributed by atoms with Gasteiger partial charge in [0.25, 0.3) is 0 Å². The van der Waals surface area contributed by atoms with Crippen molar-refractivity contribution in [2.24, 2.45) is 0 Å². The summed E-state index contributed by atoms with van der Waals surface area (Å²) in [6, 6.07) is 3.16. The number of amides is 1. The molecule has 1 N–H and O–H groups in total. The van der Waals surface area contributed by atoms with Crippen LogP contribution < -0.4 is 9.47 Å². The van der Waals surface area contributed by atoms with Gasteiger partial charge < -0.3 is 19.5 Å². The standard InChI is InChI=1S/C18H23NO5/c1-4-5-6-17(20)19-8-7-12-9-15(23-2)16(24-3)10-13(12)14(19)11-18(21)22/h4,9-10,14H,1,5-8,11H2,2-3H3,(H,21,22). The summed E-state index contributed by atoms with van der Waals surface area (Å²) in [6.45, 7) is 4.12. The number of carboxylic acid groups (broad SMARTS) is 1. The number of hydrogen-bond donors (Lipinski definition) is 1. The molecule has 1 heterocycles. The SMILES string of the molecule is C=CCCC(=O)N1CCc2cc(OC)c(OC)cc2C1CC(=O)O. The number of hydrogen-bond acceptors (Lipinski definition) is 4. The van der Waals surface area contributed by atoms with Gasteiger partial charge in [-0.25, -0.2) is 0 Å². The third kappa shape index (κ3) is 3.69. The number of benzene rings is 1. The van der Waals surface area contributed by atoms with Crippen molar-refractivity contribution in [3.05, 3.63) is 35.9 Å². The van der Waals surface area contributed by atoms with E-state index in [2.05, 4.69) is 6.58 Å². The molecule has 1 amide bonds. The molecule has 0 saturated heterocycles. The summed E-state index contributed by atoms with van der Waals surface area (Å²) < 4.78 is 10.6. The van der Waals surface area contributed by atoms with E-state index in [4.69, 9.17) is 9.47 Å². The number of carbonyl (C=O) groups excluding carboxylic acids is 1. The Morgan fingerprint density at radius 1 is 1.33 bits per heavy atom. The van der Waals surface area contributed by atoms with E-state index in [-0.39, 0.29) is 12.3 Å². The summed E-state index contributed by atoms with van der Waals surface area (Å²) >= 11 is 0. The van der Waals surface area contributed by atoms with E-state index < -0.39 is 12.0 Å². The smallest absolute Gasteiger partial charge is 0.305 e. The predicted molar refractivity (Wildman–Crippen MR) is 89.4 cm³/mol. The van der Waals surface area contributed by atoms with Crippen molar-refractivity contribution in [2.75, 3.05) is 20.8 Å². The summed E-state index contributed by atoms with van der Waals surface area (Å²) in [5.41, 5.74) is 1.81. The van der Waals surface area contributed by atoms with Crippen LogP contribution in [-0.4, -0.2) is 42.6 Å². The first-order chi connectivity index (χ1) is 11.5. The van der Waals surface area contributed by atoms with Gasteiger partial charge in [-0.3, -0.25) is 9.59 Å². The number of rotatable bonds is 7. The fourth-order valence-corrected chi connectivity index (χ4v) is 3.08. The molecule has 1 aliphatic rings. The van der Waals surface area contributed by atoms with Crippen LogP contribution in [0.15, 0.2) is 24.8 Å². The third-order valence-electron chi connectivity index (χ3n) is 4.25. The molecule has 24 heavy (non-hydrogen) atoms. The number of carboxylic acids is 1. The topological polar surface area (TPSA) is 76.1 Å². The molecule has 1 unspecified atom stereocenters. The van der Waals surface area contributed by atoms with Crippen LogP contribution in [0.25, 0.3) is 0 Å². The molecule has 0 bridgehead atoms. The van der Waals surface area contributed by atoms with Crippen LogP contribution >= 0.6 is 0 Å². The van der Waals surface area contributed by atoms with Crippen molar-refractivity contribution < 1.29 is 24.2 Å². The number of methoxy groups -OCH3 is 2. The first-order valence-corrected chi connectivity index (χ1v) is 7.88. The van der Waals surface area contributed by atoms with Crippen molar-refractivity contribution in [2.45, 2.75) is 31.7 Å². The Kier molecular flexibility index (Phi) is 5.84. The molecule has 0 saturated carbocycles. The quantitative estimate of drug-likeness (QED) is 0.776. The van der Waals surface area contributed by atoms with E-state index in [1.54, 1.807) is 24.2 Å². The second kappa shape index (κ2) is 7.86. The molecule has 0 aliphatic carbocycles. The van der Waals surface area contributed by atoms with Gasteiger partial charge >= 0.3 is 5.97 Å². The highest BCUT2D eigenvalue weighted by Gasteiger charge is 2.33. The number of allylic oxidation sites excluding steroid dienone is 1. The van der Waals surface area contributed by atoms with Gasteiger partial charge in [0.05, 0.1) is 26.7 Å². The van der Waals surface area contributed by atoms with Crippen LogP contribution in [-0.2, 0) is 16.0 Å². The van der Waals surface area contributed by atoms with E-state index in [0.717, 1.165) is 11.1 Å². The number of aliphatic carboxylic acids is 1. The molecule has 0 aromatic heterocycles.